The molecule has 2 amide bonds. The molecule has 0 radical (unpaired) electrons. The number of aryl methyl sites for hydroxylation is 2. The number of hydrogen-bond acceptors (Lipinski definition) is 6. The molecule has 0 saturated carbocycles. The van der Waals surface area contributed by atoms with E-state index in [2.05, 4.69) is 37.8 Å². The average molecular weight is 563 g/mol. The van der Waals surface area contributed by atoms with Crippen molar-refractivity contribution < 1.29 is 19.1 Å². The summed E-state index contributed by atoms with van der Waals surface area (Å²) in [6.45, 7) is 4.06. The molecule has 190 valence electrons. The van der Waals surface area contributed by atoms with Gasteiger partial charge in [-0.15, -0.1) is 0 Å². The second-order valence-electron chi connectivity index (χ2n) is 8.25. The highest BCUT2D eigenvalue weighted by Gasteiger charge is 2.13. The number of anilines is 1. The van der Waals surface area contributed by atoms with E-state index in [1.54, 1.807) is 24.3 Å². The molecule has 3 aromatic rings. The van der Waals surface area contributed by atoms with Gasteiger partial charge < -0.3 is 14.8 Å². The van der Waals surface area contributed by atoms with Gasteiger partial charge in [-0.1, -0.05) is 30.3 Å². The number of carbonyl (C=O) groups is 2. The molecular formula is C28H27BrN4O4. The number of halogens is 1. The largest absolute Gasteiger partial charge is 0.493 e. The molecule has 0 saturated heterocycles. The topological polar surface area (TPSA) is 113 Å². The molecule has 0 aliphatic rings. The summed E-state index contributed by atoms with van der Waals surface area (Å²) < 4.78 is 12.0. The van der Waals surface area contributed by atoms with E-state index in [1.807, 2.05) is 44.2 Å². The molecule has 37 heavy (non-hydrogen) atoms. The second-order valence-corrected chi connectivity index (χ2v) is 9.11. The lowest BCUT2D eigenvalue weighted by Gasteiger charge is -2.14. The summed E-state index contributed by atoms with van der Waals surface area (Å²) in [4.78, 5) is 24.4. The van der Waals surface area contributed by atoms with Crippen LogP contribution >= 0.6 is 15.9 Å². The lowest BCUT2D eigenvalue weighted by Crippen LogP contribution is -2.21. The minimum atomic E-state index is -0.380. The molecule has 0 spiro atoms. The summed E-state index contributed by atoms with van der Waals surface area (Å²) in [6.07, 6.45) is 1.50. The Balaban J connectivity index is 1.54. The van der Waals surface area contributed by atoms with Crippen molar-refractivity contribution in [2.24, 2.45) is 5.10 Å². The van der Waals surface area contributed by atoms with E-state index in [4.69, 9.17) is 9.47 Å². The summed E-state index contributed by atoms with van der Waals surface area (Å²) in [5, 5.41) is 16.1. The first-order chi connectivity index (χ1) is 17.8. The molecule has 0 aliphatic carbocycles. The van der Waals surface area contributed by atoms with Crippen LogP contribution in [0.15, 0.2) is 64.2 Å². The van der Waals surface area contributed by atoms with Crippen molar-refractivity contribution in [1.82, 2.24) is 5.43 Å². The molecule has 0 heterocycles. The molecule has 2 N–H and O–H groups in total. The van der Waals surface area contributed by atoms with Crippen molar-refractivity contribution in [1.29, 1.82) is 5.26 Å². The van der Waals surface area contributed by atoms with Crippen molar-refractivity contribution in [3.63, 3.8) is 0 Å². The maximum atomic E-state index is 12.2. The number of hydrazone groups is 1. The van der Waals surface area contributed by atoms with Crippen LogP contribution in [-0.2, 0) is 16.2 Å². The zero-order chi connectivity index (χ0) is 26.8. The smallest absolute Gasteiger partial charge is 0.240 e. The van der Waals surface area contributed by atoms with Crippen LogP contribution in [0.25, 0.3) is 0 Å². The number of rotatable bonds is 10. The lowest BCUT2D eigenvalue weighted by atomic mass is 10.1. The zero-order valence-electron chi connectivity index (χ0n) is 20.8. The minimum absolute atomic E-state index is 0.00198. The van der Waals surface area contributed by atoms with Crippen LogP contribution < -0.4 is 20.2 Å². The molecule has 9 heteroatoms. The van der Waals surface area contributed by atoms with Gasteiger partial charge in [-0.25, -0.2) is 5.43 Å². The first kappa shape index (κ1) is 27.4. The molecule has 0 fully saturated rings. The van der Waals surface area contributed by atoms with E-state index < -0.39 is 0 Å². The minimum Gasteiger partial charge on any atom is -0.493 e. The van der Waals surface area contributed by atoms with Gasteiger partial charge in [-0.2, -0.15) is 10.4 Å². The Morgan fingerprint density at radius 2 is 1.84 bits per heavy atom. The second kappa shape index (κ2) is 13.2. The van der Waals surface area contributed by atoms with E-state index in [-0.39, 0.29) is 31.3 Å². The summed E-state index contributed by atoms with van der Waals surface area (Å²) >= 11 is 3.48. The number of hydrogen-bond donors (Lipinski definition) is 2. The third-order valence-corrected chi connectivity index (χ3v) is 6.00. The van der Waals surface area contributed by atoms with Gasteiger partial charge in [0.15, 0.2) is 11.5 Å². The Bertz CT molecular complexity index is 1360. The number of carbonyl (C=O) groups excluding carboxylic acids is 2. The van der Waals surface area contributed by atoms with Crippen molar-refractivity contribution in [3.05, 3.63) is 86.9 Å². The SMILES string of the molecule is COc1cc(C=NNC(=O)CCC(=O)Nc2cc(C)ccc2C)cc(Br)c1OCc1ccccc1C#N. The number of nitriles is 1. The highest BCUT2D eigenvalue weighted by molar-refractivity contribution is 9.10. The van der Waals surface area contributed by atoms with Gasteiger partial charge in [0.25, 0.3) is 0 Å². The van der Waals surface area contributed by atoms with Crippen LogP contribution in [0.3, 0.4) is 0 Å². The quantitative estimate of drug-likeness (QED) is 0.254. The monoisotopic (exact) mass is 562 g/mol. The summed E-state index contributed by atoms with van der Waals surface area (Å²) in [6, 6.07) is 18.6. The van der Waals surface area contributed by atoms with E-state index in [9.17, 15) is 14.9 Å². The van der Waals surface area contributed by atoms with Gasteiger partial charge >= 0.3 is 0 Å². The Morgan fingerprint density at radius 3 is 2.59 bits per heavy atom. The molecule has 0 unspecified atom stereocenters. The van der Waals surface area contributed by atoms with E-state index in [0.29, 0.717) is 27.1 Å². The Kier molecular flexibility index (Phi) is 9.81. The number of amides is 2. The Hall–Kier alpha value is -4.16. The predicted octanol–water partition coefficient (Wildman–Crippen LogP) is 5.39. The van der Waals surface area contributed by atoms with Gasteiger partial charge in [0.2, 0.25) is 11.8 Å². The molecule has 3 rings (SSSR count). The van der Waals surface area contributed by atoms with Crippen LogP contribution in [0, 0.1) is 25.2 Å². The highest BCUT2D eigenvalue weighted by Crippen LogP contribution is 2.37. The summed E-state index contributed by atoms with van der Waals surface area (Å²) in [5.41, 5.74) is 7.13. The van der Waals surface area contributed by atoms with Gasteiger partial charge in [-0.05, 0) is 70.7 Å². The Labute approximate surface area is 224 Å². The fraction of sp³-hybridized carbons (Fsp3) is 0.214. The number of benzene rings is 3. The number of methoxy groups -OCH3 is 1. The standard InChI is InChI=1S/C28H27BrN4O4/c1-18-8-9-19(2)24(12-18)32-26(34)10-11-27(35)33-31-16-20-13-23(29)28(25(14-20)36-3)37-17-22-7-5-4-6-21(22)15-30/h4-9,12-14,16H,10-11,17H2,1-3H3,(H,32,34)(H,33,35). The first-order valence-electron chi connectivity index (χ1n) is 11.5. The third-order valence-electron chi connectivity index (χ3n) is 5.41. The average Bonchev–Trinajstić information content (AvgIpc) is 2.88. The van der Waals surface area contributed by atoms with Crippen LogP contribution in [0.5, 0.6) is 11.5 Å². The maximum absolute atomic E-state index is 12.2. The summed E-state index contributed by atoms with van der Waals surface area (Å²) in [5.74, 6) is 0.315. The highest BCUT2D eigenvalue weighted by atomic mass is 79.9. The molecular weight excluding hydrogens is 536 g/mol. The molecule has 0 bridgehead atoms. The van der Waals surface area contributed by atoms with E-state index in [1.165, 1.54) is 13.3 Å². The summed E-state index contributed by atoms with van der Waals surface area (Å²) in [7, 11) is 1.52. The van der Waals surface area contributed by atoms with Crippen molar-refractivity contribution in [3.8, 4) is 17.6 Å². The van der Waals surface area contributed by atoms with Crippen LogP contribution in [0.1, 0.15) is 40.7 Å². The van der Waals surface area contributed by atoms with Crippen molar-refractivity contribution in [2.45, 2.75) is 33.3 Å². The molecule has 0 aromatic heterocycles. The fourth-order valence-corrected chi connectivity index (χ4v) is 3.98. The third kappa shape index (κ3) is 7.92. The molecule has 3 aromatic carbocycles. The number of ether oxygens (including phenoxy) is 2. The van der Waals surface area contributed by atoms with Gasteiger partial charge in [0.05, 0.1) is 29.4 Å². The first-order valence-corrected chi connectivity index (χ1v) is 12.3. The molecule has 8 nitrogen and oxygen atoms in total. The zero-order valence-corrected chi connectivity index (χ0v) is 22.4. The molecule has 0 aliphatic heterocycles. The maximum Gasteiger partial charge on any atom is 0.240 e. The predicted molar refractivity (Wildman–Crippen MR) is 146 cm³/mol. The van der Waals surface area contributed by atoms with E-state index >= 15 is 0 Å². The number of nitrogens with one attached hydrogen (secondary N) is 2. The normalized spacial score (nSPS) is 10.6. The van der Waals surface area contributed by atoms with E-state index in [0.717, 1.165) is 22.4 Å². The lowest BCUT2D eigenvalue weighted by molar-refractivity contribution is -0.124. The fourth-order valence-electron chi connectivity index (χ4n) is 3.40. The van der Waals surface area contributed by atoms with Crippen molar-refractivity contribution in [2.75, 3.05) is 12.4 Å². The molecule has 0 atom stereocenters. The van der Waals surface area contributed by atoms with Crippen LogP contribution in [-0.4, -0.2) is 25.1 Å². The van der Waals surface area contributed by atoms with Crippen LogP contribution in [0.2, 0.25) is 0 Å². The van der Waals surface area contributed by atoms with Gasteiger partial charge in [-0.3, -0.25) is 9.59 Å². The van der Waals surface area contributed by atoms with Gasteiger partial charge in [0.1, 0.15) is 6.61 Å². The van der Waals surface area contributed by atoms with Crippen LogP contribution in [0.4, 0.5) is 5.69 Å². The number of nitrogens with zero attached hydrogens (tertiary/aromatic N) is 2. The van der Waals surface area contributed by atoms with Crippen molar-refractivity contribution >= 4 is 39.6 Å². The Morgan fingerprint density at radius 1 is 1.08 bits per heavy atom. The van der Waals surface area contributed by atoms with Gasteiger partial charge in [0, 0.05) is 24.1 Å².